The van der Waals surface area contributed by atoms with E-state index in [-0.39, 0.29) is 5.88 Å². The topological polar surface area (TPSA) is 58.9 Å². The molecule has 0 saturated carbocycles. The number of fused-ring (bicyclic) bond motifs is 2. The first kappa shape index (κ1) is 13.2. The van der Waals surface area contributed by atoms with Gasteiger partial charge in [-0.3, -0.25) is 4.98 Å². The third-order valence-electron chi connectivity index (χ3n) is 4.55. The molecule has 4 heteroatoms. The summed E-state index contributed by atoms with van der Waals surface area (Å²) in [7, 11) is 0. The lowest BCUT2D eigenvalue weighted by Gasteiger charge is -2.25. The van der Waals surface area contributed by atoms with E-state index in [0.29, 0.717) is 11.3 Å². The molecule has 2 aromatic heterocycles. The Morgan fingerprint density at radius 1 is 1.18 bits per heavy atom. The molecule has 0 spiro atoms. The van der Waals surface area contributed by atoms with E-state index >= 15 is 0 Å². The van der Waals surface area contributed by atoms with E-state index in [9.17, 15) is 5.11 Å². The number of pyridine rings is 1. The summed E-state index contributed by atoms with van der Waals surface area (Å²) in [4.78, 5) is 12.6. The molecule has 1 aromatic carbocycles. The number of nitrogens with zero attached hydrogens (tertiary/aromatic N) is 3. The summed E-state index contributed by atoms with van der Waals surface area (Å²) in [6, 6.07) is 8.41. The molecular weight excluding hydrogens is 274 g/mol. The number of aromatic hydroxyl groups is 1. The number of rotatable bonds is 1. The van der Waals surface area contributed by atoms with Crippen LogP contribution in [0.5, 0.6) is 5.88 Å². The van der Waals surface area contributed by atoms with Crippen LogP contribution in [0.25, 0.3) is 22.2 Å². The van der Waals surface area contributed by atoms with Crippen molar-refractivity contribution in [3.63, 3.8) is 0 Å². The molecule has 0 amide bonds. The van der Waals surface area contributed by atoms with Crippen molar-refractivity contribution in [2.45, 2.75) is 32.1 Å². The highest BCUT2D eigenvalue weighted by Crippen LogP contribution is 2.38. The molecular formula is C18H17N3O. The summed E-state index contributed by atoms with van der Waals surface area (Å²) in [6.45, 7) is 2.29. The fourth-order valence-electron chi connectivity index (χ4n) is 3.47. The molecule has 1 N–H and O–H groups in total. The molecule has 1 aliphatic carbocycles. The average molecular weight is 291 g/mol. The van der Waals surface area contributed by atoms with Gasteiger partial charge in [0.15, 0.2) is 0 Å². The second kappa shape index (κ2) is 5.05. The van der Waals surface area contributed by atoms with Crippen LogP contribution in [0.2, 0.25) is 0 Å². The second-order valence-electron chi connectivity index (χ2n) is 5.96. The summed E-state index contributed by atoms with van der Waals surface area (Å²) in [6.07, 6.45) is 6.66. The van der Waals surface area contributed by atoms with Crippen LogP contribution in [0.4, 0.5) is 0 Å². The van der Waals surface area contributed by atoms with E-state index in [1.54, 1.807) is 6.20 Å². The van der Waals surface area contributed by atoms with Crippen molar-refractivity contribution >= 4 is 10.9 Å². The third-order valence-corrected chi connectivity index (χ3v) is 4.55. The normalized spacial score (nSPS) is 17.4. The maximum Gasteiger partial charge on any atom is 0.223 e. The average Bonchev–Trinajstić information content (AvgIpc) is 2.54. The highest BCUT2D eigenvalue weighted by Gasteiger charge is 2.21. The molecule has 0 radical (unpaired) electrons. The van der Waals surface area contributed by atoms with Crippen molar-refractivity contribution in [1.29, 1.82) is 0 Å². The molecule has 1 atom stereocenters. The van der Waals surface area contributed by atoms with Gasteiger partial charge in [-0.15, -0.1) is 0 Å². The summed E-state index contributed by atoms with van der Waals surface area (Å²) < 4.78 is 0. The molecule has 4 rings (SSSR count). The van der Waals surface area contributed by atoms with Gasteiger partial charge in [0.05, 0.1) is 16.6 Å². The van der Waals surface area contributed by atoms with E-state index in [1.807, 2.05) is 6.07 Å². The van der Waals surface area contributed by atoms with Crippen LogP contribution in [-0.2, 0) is 6.42 Å². The minimum Gasteiger partial charge on any atom is -0.493 e. The molecule has 3 aromatic rings. The lowest BCUT2D eigenvalue weighted by Crippen LogP contribution is -2.09. The van der Waals surface area contributed by atoms with Crippen LogP contribution in [0.1, 0.15) is 36.8 Å². The van der Waals surface area contributed by atoms with Gasteiger partial charge in [0.1, 0.15) is 6.33 Å². The van der Waals surface area contributed by atoms with Crippen molar-refractivity contribution in [3.8, 4) is 17.1 Å². The quantitative estimate of drug-likeness (QED) is 0.740. The van der Waals surface area contributed by atoms with Crippen molar-refractivity contribution in [2.24, 2.45) is 0 Å². The van der Waals surface area contributed by atoms with Gasteiger partial charge >= 0.3 is 0 Å². The van der Waals surface area contributed by atoms with Gasteiger partial charge in [-0.25, -0.2) is 9.97 Å². The zero-order valence-electron chi connectivity index (χ0n) is 12.5. The fourth-order valence-corrected chi connectivity index (χ4v) is 3.47. The molecule has 0 saturated heterocycles. The largest absolute Gasteiger partial charge is 0.493 e. The maximum absolute atomic E-state index is 9.78. The van der Waals surface area contributed by atoms with Crippen LogP contribution in [0.3, 0.4) is 0 Å². The zero-order valence-corrected chi connectivity index (χ0v) is 12.5. The molecule has 0 fully saturated rings. The van der Waals surface area contributed by atoms with E-state index < -0.39 is 0 Å². The van der Waals surface area contributed by atoms with E-state index in [2.05, 4.69) is 40.1 Å². The molecule has 0 aliphatic heterocycles. The smallest absolute Gasteiger partial charge is 0.223 e. The van der Waals surface area contributed by atoms with Gasteiger partial charge in [0.25, 0.3) is 0 Å². The minimum atomic E-state index is -0.0208. The SMILES string of the molecule is CC1CCCc2cccc(-c3cc4ncnc(O)c4cn3)c21. The molecule has 1 unspecified atom stereocenters. The summed E-state index contributed by atoms with van der Waals surface area (Å²) in [5.41, 5.74) is 5.67. The van der Waals surface area contributed by atoms with Gasteiger partial charge < -0.3 is 5.11 Å². The first-order valence-electron chi connectivity index (χ1n) is 7.66. The summed E-state index contributed by atoms with van der Waals surface area (Å²) in [5, 5.41) is 10.4. The molecule has 0 bridgehead atoms. The van der Waals surface area contributed by atoms with Gasteiger partial charge in [-0.1, -0.05) is 25.1 Å². The Morgan fingerprint density at radius 2 is 2.09 bits per heavy atom. The number of aryl methyl sites for hydroxylation is 1. The molecule has 2 heterocycles. The Hall–Kier alpha value is -2.49. The second-order valence-corrected chi connectivity index (χ2v) is 5.96. The number of hydrogen-bond acceptors (Lipinski definition) is 4. The van der Waals surface area contributed by atoms with E-state index in [4.69, 9.17) is 0 Å². The van der Waals surface area contributed by atoms with Crippen LogP contribution in [0.15, 0.2) is 36.8 Å². The monoisotopic (exact) mass is 291 g/mol. The van der Waals surface area contributed by atoms with Gasteiger partial charge in [-0.2, -0.15) is 0 Å². The summed E-state index contributed by atoms with van der Waals surface area (Å²) in [5.74, 6) is 0.531. The highest BCUT2D eigenvalue weighted by molar-refractivity contribution is 5.85. The lowest BCUT2D eigenvalue weighted by molar-refractivity contribution is 0.459. The Balaban J connectivity index is 1.93. The van der Waals surface area contributed by atoms with E-state index in [1.165, 1.54) is 35.9 Å². The fraction of sp³-hybridized carbons (Fsp3) is 0.278. The van der Waals surface area contributed by atoms with Crippen LogP contribution in [-0.4, -0.2) is 20.1 Å². The Labute approximate surface area is 128 Å². The van der Waals surface area contributed by atoms with Crippen LogP contribution >= 0.6 is 0 Å². The Kier molecular flexibility index (Phi) is 3.03. The molecule has 22 heavy (non-hydrogen) atoms. The predicted molar refractivity (Wildman–Crippen MR) is 85.8 cm³/mol. The van der Waals surface area contributed by atoms with Crippen molar-refractivity contribution in [2.75, 3.05) is 0 Å². The highest BCUT2D eigenvalue weighted by atomic mass is 16.3. The molecule has 4 nitrogen and oxygen atoms in total. The Bertz CT molecular complexity index is 860. The Morgan fingerprint density at radius 3 is 3.00 bits per heavy atom. The summed E-state index contributed by atoms with van der Waals surface area (Å²) >= 11 is 0. The van der Waals surface area contributed by atoms with E-state index in [0.717, 1.165) is 17.6 Å². The lowest BCUT2D eigenvalue weighted by atomic mass is 9.80. The molecule has 1 aliphatic rings. The standard InChI is InChI=1S/C18H17N3O/c1-11-4-2-5-12-6-3-7-13(17(11)12)15-8-16-14(9-19-15)18(22)21-10-20-16/h3,6-11H,2,4-5H2,1H3,(H,20,21,22). The zero-order chi connectivity index (χ0) is 15.1. The third kappa shape index (κ3) is 2.03. The van der Waals surface area contributed by atoms with Crippen molar-refractivity contribution < 1.29 is 5.11 Å². The molecule has 110 valence electrons. The first-order valence-corrected chi connectivity index (χ1v) is 7.66. The van der Waals surface area contributed by atoms with Crippen LogP contribution < -0.4 is 0 Å². The van der Waals surface area contributed by atoms with Crippen molar-refractivity contribution in [1.82, 2.24) is 15.0 Å². The number of hydrogen-bond donors (Lipinski definition) is 1. The van der Waals surface area contributed by atoms with Crippen molar-refractivity contribution in [3.05, 3.63) is 47.9 Å². The predicted octanol–water partition coefficient (Wildman–Crippen LogP) is 3.84. The van der Waals surface area contributed by atoms with Crippen LogP contribution in [0, 0.1) is 0 Å². The number of aromatic nitrogens is 3. The van der Waals surface area contributed by atoms with Gasteiger partial charge in [0, 0.05) is 11.8 Å². The number of benzene rings is 1. The maximum atomic E-state index is 9.78. The first-order chi connectivity index (χ1) is 10.7. The van der Waals surface area contributed by atoms with Gasteiger partial charge in [0.2, 0.25) is 5.88 Å². The van der Waals surface area contributed by atoms with Gasteiger partial charge in [-0.05, 0) is 42.4 Å². The minimum absolute atomic E-state index is 0.0208.